The first-order valence-corrected chi connectivity index (χ1v) is 10.0. The van der Waals surface area contributed by atoms with Gasteiger partial charge in [-0.15, -0.1) is 0 Å². The van der Waals surface area contributed by atoms with E-state index in [1.54, 1.807) is 12.1 Å². The molecule has 1 amide bonds. The van der Waals surface area contributed by atoms with Crippen LogP contribution in [-0.4, -0.2) is 45.0 Å². The number of anilines is 2. The van der Waals surface area contributed by atoms with Crippen LogP contribution in [0.15, 0.2) is 36.4 Å². The molecule has 2 unspecified atom stereocenters. The summed E-state index contributed by atoms with van der Waals surface area (Å²) in [5, 5.41) is 2.80. The number of fused-ring (bicyclic) bond motifs is 1. The molecular formula is C21H23FN4O4. The van der Waals surface area contributed by atoms with Crippen LogP contribution in [0.25, 0.3) is 0 Å². The van der Waals surface area contributed by atoms with E-state index in [2.05, 4.69) is 16.2 Å². The molecule has 0 spiro atoms. The predicted molar refractivity (Wildman–Crippen MR) is 108 cm³/mol. The Balaban J connectivity index is 1.21. The van der Waals surface area contributed by atoms with Gasteiger partial charge in [0.25, 0.3) is 0 Å². The summed E-state index contributed by atoms with van der Waals surface area (Å²) in [6.07, 6.45) is 0.555. The molecule has 9 heteroatoms. The third-order valence-corrected chi connectivity index (χ3v) is 5.59. The fourth-order valence-corrected chi connectivity index (χ4v) is 3.95. The largest absolute Gasteiger partial charge is 0.454 e. The average Bonchev–Trinajstić information content (AvgIpc) is 3.44. The van der Waals surface area contributed by atoms with Crippen LogP contribution < -0.4 is 30.5 Å². The van der Waals surface area contributed by atoms with Crippen molar-refractivity contribution in [3.05, 3.63) is 47.8 Å². The van der Waals surface area contributed by atoms with Crippen molar-refractivity contribution >= 4 is 17.3 Å². The molecular weight excluding hydrogens is 391 g/mol. The molecule has 5 rings (SSSR count). The van der Waals surface area contributed by atoms with E-state index in [1.165, 1.54) is 6.07 Å². The molecule has 0 saturated carbocycles. The summed E-state index contributed by atoms with van der Waals surface area (Å²) in [7, 11) is 0. The molecule has 0 aromatic heterocycles. The van der Waals surface area contributed by atoms with Crippen molar-refractivity contribution in [1.82, 2.24) is 10.9 Å². The summed E-state index contributed by atoms with van der Waals surface area (Å²) in [6.45, 7) is 2.70. The quantitative estimate of drug-likeness (QED) is 0.705. The Bertz CT molecular complexity index is 951. The molecule has 8 nitrogen and oxygen atoms in total. The van der Waals surface area contributed by atoms with E-state index in [0.29, 0.717) is 49.8 Å². The third kappa shape index (κ3) is 3.79. The number of hydrazine groups is 1. The molecule has 3 heterocycles. The van der Waals surface area contributed by atoms with E-state index in [1.807, 2.05) is 23.1 Å². The van der Waals surface area contributed by atoms with Gasteiger partial charge in [0.15, 0.2) is 11.5 Å². The van der Waals surface area contributed by atoms with Gasteiger partial charge in [0.05, 0.1) is 18.9 Å². The van der Waals surface area contributed by atoms with E-state index in [4.69, 9.17) is 14.2 Å². The average molecular weight is 414 g/mol. The molecule has 2 aromatic rings. The first kappa shape index (κ1) is 19.1. The molecule has 158 valence electrons. The van der Waals surface area contributed by atoms with Crippen LogP contribution >= 0.6 is 0 Å². The van der Waals surface area contributed by atoms with Crippen molar-refractivity contribution < 1.29 is 23.4 Å². The van der Waals surface area contributed by atoms with Crippen LogP contribution in [0.2, 0.25) is 0 Å². The Kier molecular flexibility index (Phi) is 5.16. The van der Waals surface area contributed by atoms with Gasteiger partial charge in [-0.3, -0.25) is 4.79 Å². The van der Waals surface area contributed by atoms with Gasteiger partial charge in [0, 0.05) is 24.8 Å². The number of benzene rings is 2. The first-order valence-electron chi connectivity index (χ1n) is 10.0. The lowest BCUT2D eigenvalue weighted by atomic mass is 10.0. The van der Waals surface area contributed by atoms with Gasteiger partial charge in [-0.2, -0.15) is 0 Å². The number of halogens is 1. The molecule has 3 aliphatic heterocycles. The molecule has 2 aromatic carbocycles. The Morgan fingerprint density at radius 1 is 1.07 bits per heavy atom. The van der Waals surface area contributed by atoms with E-state index >= 15 is 0 Å². The standard InChI is InChI=1S/C21H23FN4O4/c22-15-10-14(2-3-18(15)26-5-7-28-8-6-26)23-21(27)17-11-16(24-25-17)13-1-4-19-20(9-13)30-12-29-19/h1-4,9-10,16-17,24-25H,5-8,11-12H2,(H,23,27). The minimum atomic E-state index is -0.442. The number of ether oxygens (including phenoxy) is 3. The number of nitrogens with one attached hydrogen (secondary N) is 3. The zero-order chi connectivity index (χ0) is 20.5. The Hall–Kier alpha value is -2.88. The maximum atomic E-state index is 14.6. The second-order valence-electron chi connectivity index (χ2n) is 7.50. The predicted octanol–water partition coefficient (Wildman–Crippen LogP) is 1.94. The van der Waals surface area contributed by atoms with Gasteiger partial charge in [0.1, 0.15) is 11.9 Å². The highest BCUT2D eigenvalue weighted by molar-refractivity contribution is 5.95. The van der Waals surface area contributed by atoms with E-state index in [9.17, 15) is 9.18 Å². The van der Waals surface area contributed by atoms with Crippen molar-refractivity contribution in [2.24, 2.45) is 0 Å². The monoisotopic (exact) mass is 414 g/mol. The molecule has 2 fully saturated rings. The van der Waals surface area contributed by atoms with Gasteiger partial charge in [-0.25, -0.2) is 15.2 Å². The fourth-order valence-electron chi connectivity index (χ4n) is 3.95. The van der Waals surface area contributed by atoms with E-state index < -0.39 is 6.04 Å². The Labute approximate surface area is 173 Å². The minimum Gasteiger partial charge on any atom is -0.454 e. The molecule has 2 atom stereocenters. The number of nitrogens with zero attached hydrogens (tertiary/aromatic N) is 1. The van der Waals surface area contributed by atoms with Crippen LogP contribution in [0.3, 0.4) is 0 Å². The summed E-state index contributed by atoms with van der Waals surface area (Å²) >= 11 is 0. The fraction of sp³-hybridized carbons (Fsp3) is 0.381. The SMILES string of the molecule is O=C(Nc1ccc(N2CCOCC2)c(F)c1)C1CC(c2ccc3c(c2)OCO3)NN1. The van der Waals surface area contributed by atoms with Gasteiger partial charge in [-0.1, -0.05) is 6.07 Å². The Morgan fingerprint density at radius 2 is 1.90 bits per heavy atom. The molecule has 0 bridgehead atoms. The molecule has 2 saturated heterocycles. The molecule has 3 aliphatic rings. The van der Waals surface area contributed by atoms with Gasteiger partial charge in [-0.05, 0) is 42.3 Å². The smallest absolute Gasteiger partial charge is 0.242 e. The second kappa shape index (κ2) is 8.10. The highest BCUT2D eigenvalue weighted by atomic mass is 19.1. The second-order valence-corrected chi connectivity index (χ2v) is 7.50. The minimum absolute atomic E-state index is 0.0457. The number of carbonyl (C=O) groups is 1. The third-order valence-electron chi connectivity index (χ3n) is 5.59. The highest BCUT2D eigenvalue weighted by Crippen LogP contribution is 2.35. The van der Waals surface area contributed by atoms with Crippen LogP contribution in [-0.2, 0) is 9.53 Å². The molecule has 0 radical (unpaired) electrons. The molecule has 30 heavy (non-hydrogen) atoms. The number of carbonyl (C=O) groups excluding carboxylic acids is 1. The van der Waals surface area contributed by atoms with Crippen LogP contribution in [0.4, 0.5) is 15.8 Å². The highest BCUT2D eigenvalue weighted by Gasteiger charge is 2.31. The van der Waals surface area contributed by atoms with Crippen LogP contribution in [0, 0.1) is 5.82 Å². The van der Waals surface area contributed by atoms with Gasteiger partial charge >= 0.3 is 0 Å². The van der Waals surface area contributed by atoms with Crippen LogP contribution in [0.5, 0.6) is 11.5 Å². The maximum Gasteiger partial charge on any atom is 0.242 e. The number of rotatable bonds is 4. The van der Waals surface area contributed by atoms with Gasteiger partial charge < -0.3 is 24.4 Å². The van der Waals surface area contributed by atoms with Crippen molar-refractivity contribution in [1.29, 1.82) is 0 Å². The normalized spacial score (nSPS) is 22.9. The lowest BCUT2D eigenvalue weighted by molar-refractivity contribution is -0.117. The first-order chi connectivity index (χ1) is 14.7. The summed E-state index contributed by atoms with van der Waals surface area (Å²) in [6, 6.07) is 10.0. The summed E-state index contributed by atoms with van der Waals surface area (Å²) in [5.41, 5.74) is 8.13. The summed E-state index contributed by atoms with van der Waals surface area (Å²) in [5.74, 6) is 0.856. The van der Waals surface area contributed by atoms with Crippen molar-refractivity contribution in [2.75, 3.05) is 43.3 Å². The van der Waals surface area contributed by atoms with Crippen molar-refractivity contribution in [3.8, 4) is 11.5 Å². The maximum absolute atomic E-state index is 14.6. The Morgan fingerprint density at radius 3 is 2.73 bits per heavy atom. The summed E-state index contributed by atoms with van der Waals surface area (Å²) in [4.78, 5) is 14.6. The zero-order valence-electron chi connectivity index (χ0n) is 16.3. The number of hydrogen-bond donors (Lipinski definition) is 3. The molecule has 3 N–H and O–H groups in total. The van der Waals surface area contributed by atoms with Crippen molar-refractivity contribution in [2.45, 2.75) is 18.5 Å². The lowest BCUT2D eigenvalue weighted by Gasteiger charge is -2.29. The number of morpholine rings is 1. The topological polar surface area (TPSA) is 84.1 Å². The van der Waals surface area contributed by atoms with Crippen molar-refractivity contribution in [3.63, 3.8) is 0 Å². The summed E-state index contributed by atoms with van der Waals surface area (Å²) < 4.78 is 30.6. The molecule has 0 aliphatic carbocycles. The van der Waals surface area contributed by atoms with E-state index in [-0.39, 0.29) is 24.6 Å². The van der Waals surface area contributed by atoms with Gasteiger partial charge in [0.2, 0.25) is 12.7 Å². The van der Waals surface area contributed by atoms with E-state index in [0.717, 1.165) is 11.3 Å². The number of hydrogen-bond acceptors (Lipinski definition) is 7. The van der Waals surface area contributed by atoms with Crippen LogP contribution in [0.1, 0.15) is 18.0 Å². The number of amides is 1. The zero-order valence-corrected chi connectivity index (χ0v) is 16.3. The lowest BCUT2D eigenvalue weighted by Crippen LogP contribution is -2.39.